The van der Waals surface area contributed by atoms with E-state index >= 15 is 0 Å². The number of nitrogens with one attached hydrogen (secondary N) is 2. The first-order chi connectivity index (χ1) is 12.3. The van der Waals surface area contributed by atoms with E-state index in [1.165, 1.54) is 25.7 Å². The molecule has 132 valence electrons. The van der Waals surface area contributed by atoms with Crippen LogP contribution in [0.5, 0.6) is 0 Å². The van der Waals surface area contributed by atoms with Gasteiger partial charge in [-0.1, -0.05) is 50.8 Å². The van der Waals surface area contributed by atoms with Gasteiger partial charge in [0.25, 0.3) is 5.91 Å². The van der Waals surface area contributed by atoms with E-state index in [0.717, 1.165) is 30.5 Å². The van der Waals surface area contributed by atoms with Crippen LogP contribution in [0, 0.1) is 0 Å². The fourth-order valence-corrected chi connectivity index (χ4v) is 3.30. The molecule has 1 saturated carbocycles. The Bertz CT molecular complexity index is 708. The number of hydrogen-bond acceptors (Lipinski definition) is 4. The molecule has 25 heavy (non-hydrogen) atoms. The predicted molar refractivity (Wildman–Crippen MR) is 101 cm³/mol. The standard InChI is InChI=1S/C20H26N4O/c1-2-15-9-7-8-12-17(15)23-19(25)18-13-14-21-20(24-18)22-16-10-5-3-4-6-11-16/h7-9,12-14,16H,2-6,10-11H2,1H3,(H,23,25)(H,21,22,24). The largest absolute Gasteiger partial charge is 0.351 e. The summed E-state index contributed by atoms with van der Waals surface area (Å²) in [5, 5.41) is 6.36. The highest BCUT2D eigenvalue weighted by atomic mass is 16.1. The van der Waals surface area contributed by atoms with E-state index in [2.05, 4.69) is 27.5 Å². The van der Waals surface area contributed by atoms with Crippen LogP contribution in [0.1, 0.15) is 61.5 Å². The van der Waals surface area contributed by atoms with Crippen molar-refractivity contribution in [2.45, 2.75) is 57.9 Å². The molecule has 0 unspecified atom stereocenters. The molecule has 0 atom stereocenters. The van der Waals surface area contributed by atoms with Crippen LogP contribution >= 0.6 is 0 Å². The van der Waals surface area contributed by atoms with Gasteiger partial charge in [0.2, 0.25) is 5.95 Å². The van der Waals surface area contributed by atoms with Crippen LogP contribution in [-0.4, -0.2) is 21.9 Å². The van der Waals surface area contributed by atoms with Crippen molar-refractivity contribution < 1.29 is 4.79 Å². The highest BCUT2D eigenvalue weighted by Crippen LogP contribution is 2.20. The van der Waals surface area contributed by atoms with Gasteiger partial charge in [-0.15, -0.1) is 0 Å². The maximum absolute atomic E-state index is 12.6. The van der Waals surface area contributed by atoms with Crippen LogP contribution in [0.2, 0.25) is 0 Å². The minimum absolute atomic E-state index is 0.202. The van der Waals surface area contributed by atoms with Gasteiger partial charge in [0, 0.05) is 17.9 Å². The molecule has 0 spiro atoms. The number of hydrogen-bond donors (Lipinski definition) is 2. The third kappa shape index (κ3) is 4.78. The summed E-state index contributed by atoms with van der Waals surface area (Å²) < 4.78 is 0. The van der Waals surface area contributed by atoms with Crippen LogP contribution in [0.4, 0.5) is 11.6 Å². The van der Waals surface area contributed by atoms with E-state index in [4.69, 9.17) is 0 Å². The second-order valence-corrected chi connectivity index (χ2v) is 6.56. The maximum Gasteiger partial charge on any atom is 0.274 e. The third-order valence-electron chi connectivity index (χ3n) is 4.72. The summed E-state index contributed by atoms with van der Waals surface area (Å²) >= 11 is 0. The van der Waals surface area contributed by atoms with E-state index in [9.17, 15) is 4.79 Å². The van der Waals surface area contributed by atoms with Crippen LogP contribution in [0.15, 0.2) is 36.5 Å². The van der Waals surface area contributed by atoms with Crippen molar-refractivity contribution in [1.29, 1.82) is 0 Å². The average molecular weight is 338 g/mol. The Hall–Kier alpha value is -2.43. The molecule has 0 aliphatic heterocycles. The Labute approximate surface area is 149 Å². The van der Waals surface area contributed by atoms with Gasteiger partial charge in [0.1, 0.15) is 5.69 Å². The molecule has 1 amide bonds. The zero-order chi connectivity index (χ0) is 17.5. The van der Waals surface area contributed by atoms with E-state index < -0.39 is 0 Å². The molecular formula is C20H26N4O. The minimum atomic E-state index is -0.202. The summed E-state index contributed by atoms with van der Waals surface area (Å²) in [6.45, 7) is 2.07. The van der Waals surface area contributed by atoms with Crippen molar-refractivity contribution in [2.75, 3.05) is 10.6 Å². The Balaban J connectivity index is 1.68. The summed E-state index contributed by atoms with van der Waals surface area (Å²) in [5.74, 6) is 0.343. The lowest BCUT2D eigenvalue weighted by Crippen LogP contribution is -2.21. The fraction of sp³-hybridized carbons (Fsp3) is 0.450. The van der Waals surface area contributed by atoms with Crippen LogP contribution in [-0.2, 0) is 6.42 Å². The maximum atomic E-state index is 12.6. The number of nitrogens with zero attached hydrogens (tertiary/aromatic N) is 2. The molecule has 1 aromatic heterocycles. The summed E-state index contributed by atoms with van der Waals surface area (Å²) in [5.41, 5.74) is 2.34. The Morgan fingerprint density at radius 3 is 2.64 bits per heavy atom. The number of amides is 1. The number of aryl methyl sites for hydroxylation is 1. The van der Waals surface area contributed by atoms with E-state index in [-0.39, 0.29) is 5.91 Å². The first-order valence-electron chi connectivity index (χ1n) is 9.25. The first kappa shape index (κ1) is 17.4. The summed E-state index contributed by atoms with van der Waals surface area (Å²) in [6, 6.07) is 9.91. The van der Waals surface area contributed by atoms with Gasteiger partial charge in [0.05, 0.1) is 0 Å². The van der Waals surface area contributed by atoms with Crippen LogP contribution in [0.25, 0.3) is 0 Å². The number of aromatic nitrogens is 2. The summed E-state index contributed by atoms with van der Waals surface area (Å²) in [4.78, 5) is 21.3. The molecule has 2 aromatic rings. The Kier molecular flexibility index (Phi) is 5.99. The lowest BCUT2D eigenvalue weighted by atomic mass is 10.1. The predicted octanol–water partition coefficient (Wildman–Crippen LogP) is 4.43. The SMILES string of the molecule is CCc1ccccc1NC(=O)c1ccnc(NC2CCCCCC2)n1. The van der Waals surface area contributed by atoms with E-state index in [1.807, 2.05) is 24.3 Å². The Morgan fingerprint density at radius 1 is 1.12 bits per heavy atom. The first-order valence-corrected chi connectivity index (χ1v) is 9.25. The number of carbonyl (C=O) groups is 1. The minimum Gasteiger partial charge on any atom is -0.351 e. The smallest absolute Gasteiger partial charge is 0.274 e. The fourth-order valence-electron chi connectivity index (χ4n) is 3.30. The molecule has 5 heteroatoms. The number of benzene rings is 1. The van der Waals surface area contributed by atoms with Gasteiger partial charge in [-0.05, 0) is 37.0 Å². The van der Waals surface area contributed by atoms with Gasteiger partial charge in [-0.2, -0.15) is 0 Å². The topological polar surface area (TPSA) is 66.9 Å². The number of rotatable bonds is 5. The molecule has 0 bridgehead atoms. The van der Waals surface area contributed by atoms with Crippen molar-refractivity contribution in [3.63, 3.8) is 0 Å². The molecule has 3 rings (SSSR count). The van der Waals surface area contributed by atoms with Crippen LogP contribution in [0.3, 0.4) is 0 Å². The molecule has 1 aliphatic rings. The van der Waals surface area contributed by atoms with E-state index in [0.29, 0.717) is 17.7 Å². The Morgan fingerprint density at radius 2 is 1.88 bits per heavy atom. The lowest BCUT2D eigenvalue weighted by Gasteiger charge is -2.16. The van der Waals surface area contributed by atoms with Crippen LogP contribution < -0.4 is 10.6 Å². The molecule has 1 fully saturated rings. The van der Waals surface area contributed by atoms with Gasteiger partial charge < -0.3 is 10.6 Å². The second kappa shape index (κ2) is 8.60. The lowest BCUT2D eigenvalue weighted by molar-refractivity contribution is 0.102. The van der Waals surface area contributed by atoms with Crippen molar-refractivity contribution in [3.05, 3.63) is 47.8 Å². The number of carbonyl (C=O) groups excluding carboxylic acids is 1. The molecular weight excluding hydrogens is 312 g/mol. The molecule has 1 heterocycles. The normalized spacial score (nSPS) is 15.4. The quantitative estimate of drug-likeness (QED) is 0.792. The van der Waals surface area contributed by atoms with Crippen molar-refractivity contribution in [2.24, 2.45) is 0 Å². The van der Waals surface area contributed by atoms with Gasteiger partial charge in [0.15, 0.2) is 0 Å². The van der Waals surface area contributed by atoms with Gasteiger partial charge >= 0.3 is 0 Å². The molecule has 0 saturated heterocycles. The van der Waals surface area contributed by atoms with Crippen molar-refractivity contribution in [1.82, 2.24) is 9.97 Å². The van der Waals surface area contributed by atoms with Crippen molar-refractivity contribution in [3.8, 4) is 0 Å². The second-order valence-electron chi connectivity index (χ2n) is 6.56. The zero-order valence-corrected chi connectivity index (χ0v) is 14.8. The average Bonchev–Trinajstić information content (AvgIpc) is 2.91. The highest BCUT2D eigenvalue weighted by Gasteiger charge is 2.15. The van der Waals surface area contributed by atoms with Gasteiger partial charge in [-0.3, -0.25) is 4.79 Å². The highest BCUT2D eigenvalue weighted by molar-refractivity contribution is 6.03. The zero-order valence-electron chi connectivity index (χ0n) is 14.8. The van der Waals surface area contributed by atoms with Gasteiger partial charge in [-0.25, -0.2) is 9.97 Å². The van der Waals surface area contributed by atoms with Crippen molar-refractivity contribution >= 4 is 17.5 Å². The monoisotopic (exact) mass is 338 g/mol. The molecule has 1 aliphatic carbocycles. The van der Waals surface area contributed by atoms with E-state index in [1.54, 1.807) is 12.3 Å². The third-order valence-corrected chi connectivity index (χ3v) is 4.72. The molecule has 0 radical (unpaired) electrons. The summed E-state index contributed by atoms with van der Waals surface area (Å²) in [7, 11) is 0. The molecule has 2 N–H and O–H groups in total. The number of para-hydroxylation sites is 1. The molecule has 1 aromatic carbocycles. The molecule has 5 nitrogen and oxygen atoms in total. The summed E-state index contributed by atoms with van der Waals surface area (Å²) in [6.07, 6.45) is 9.89. The number of anilines is 2.